The lowest BCUT2D eigenvalue weighted by atomic mass is 9.89. The van der Waals surface area contributed by atoms with Crippen LogP contribution in [0.3, 0.4) is 0 Å². The molecule has 1 saturated carbocycles. The molecule has 30 heavy (non-hydrogen) atoms. The van der Waals surface area contributed by atoms with E-state index in [9.17, 15) is 14.7 Å². The number of carboxylic acids is 1. The van der Waals surface area contributed by atoms with Crippen LogP contribution in [0.5, 0.6) is 0 Å². The fourth-order valence-corrected chi connectivity index (χ4v) is 4.09. The maximum Gasteiger partial charge on any atom is 0.303 e. The van der Waals surface area contributed by atoms with Gasteiger partial charge in [0.05, 0.1) is 19.3 Å². The molecule has 3 rings (SSSR count). The van der Waals surface area contributed by atoms with Gasteiger partial charge in [0.15, 0.2) is 0 Å². The van der Waals surface area contributed by atoms with E-state index >= 15 is 0 Å². The van der Waals surface area contributed by atoms with Crippen molar-refractivity contribution in [2.75, 3.05) is 13.2 Å². The van der Waals surface area contributed by atoms with E-state index in [4.69, 9.17) is 26.2 Å². The topological polar surface area (TPSA) is 93.1 Å². The summed E-state index contributed by atoms with van der Waals surface area (Å²) >= 11 is 5.99. The van der Waals surface area contributed by atoms with Gasteiger partial charge in [0, 0.05) is 35.3 Å². The molecular weight excluding hydrogens is 408 g/mol. The van der Waals surface area contributed by atoms with Gasteiger partial charge in [-0.25, -0.2) is 0 Å². The Morgan fingerprint density at radius 3 is 2.57 bits per heavy atom. The Balaban J connectivity index is 1.69. The number of ketones is 1. The maximum atomic E-state index is 12.4. The molecule has 7 heteroatoms. The third-order valence-electron chi connectivity index (χ3n) is 5.55. The average molecular weight is 435 g/mol. The maximum absolute atomic E-state index is 12.4. The third-order valence-corrected chi connectivity index (χ3v) is 5.80. The van der Waals surface area contributed by atoms with Crippen LogP contribution in [-0.4, -0.2) is 41.3 Å². The zero-order valence-electron chi connectivity index (χ0n) is 16.7. The molecule has 0 amide bonds. The number of unbranched alkanes of at least 4 members (excludes halogenated alkanes) is 1. The van der Waals surface area contributed by atoms with Crippen LogP contribution in [0.2, 0.25) is 5.02 Å². The van der Waals surface area contributed by atoms with Gasteiger partial charge < -0.3 is 19.7 Å². The number of aliphatic hydroxyl groups is 1. The molecule has 2 N–H and O–H groups in total. The van der Waals surface area contributed by atoms with Crippen molar-refractivity contribution in [3.8, 4) is 0 Å². The van der Waals surface area contributed by atoms with Crippen molar-refractivity contribution in [1.29, 1.82) is 0 Å². The molecule has 0 radical (unpaired) electrons. The van der Waals surface area contributed by atoms with E-state index in [-0.39, 0.29) is 30.5 Å². The molecule has 6 nitrogen and oxygen atoms in total. The van der Waals surface area contributed by atoms with E-state index in [1.54, 1.807) is 18.2 Å². The van der Waals surface area contributed by atoms with Crippen molar-refractivity contribution in [2.45, 2.75) is 44.0 Å². The summed E-state index contributed by atoms with van der Waals surface area (Å²) in [5.74, 6) is -2.49. The van der Waals surface area contributed by atoms with Gasteiger partial charge in [0.1, 0.15) is 5.78 Å². The van der Waals surface area contributed by atoms with Crippen LogP contribution in [-0.2, 0) is 24.8 Å². The zero-order chi connectivity index (χ0) is 21.6. The number of hydrogen-bond acceptors (Lipinski definition) is 5. The normalized spacial score (nSPS) is 26.2. The summed E-state index contributed by atoms with van der Waals surface area (Å²) in [6, 6.07) is 7.21. The predicted octanol–water partition coefficient (Wildman–Crippen LogP) is 3.86. The van der Waals surface area contributed by atoms with E-state index in [2.05, 4.69) is 0 Å². The van der Waals surface area contributed by atoms with Gasteiger partial charge in [0.2, 0.25) is 5.79 Å². The number of Topliss-reactive ketones (excluding diaryl/α,β-unsaturated/α-hetero) is 1. The lowest BCUT2D eigenvalue weighted by Crippen LogP contribution is -2.26. The number of carboxylic acid groups (broad SMARTS) is 1. The first kappa shape index (κ1) is 22.7. The Kier molecular flexibility index (Phi) is 7.83. The fourth-order valence-electron chi connectivity index (χ4n) is 3.97. The summed E-state index contributed by atoms with van der Waals surface area (Å²) in [5.41, 5.74) is 0.800. The van der Waals surface area contributed by atoms with Crippen LogP contribution in [0, 0.1) is 11.8 Å². The van der Waals surface area contributed by atoms with Crippen LogP contribution in [0.25, 0.3) is 0 Å². The van der Waals surface area contributed by atoms with Crippen LogP contribution >= 0.6 is 11.6 Å². The molecule has 3 atom stereocenters. The van der Waals surface area contributed by atoms with Crippen molar-refractivity contribution in [3.63, 3.8) is 0 Å². The second-order valence-corrected chi connectivity index (χ2v) is 8.08. The number of ether oxygens (including phenoxy) is 2. The third kappa shape index (κ3) is 5.58. The fraction of sp³-hybridized carbons (Fsp3) is 0.478. The summed E-state index contributed by atoms with van der Waals surface area (Å²) in [4.78, 5) is 23.0. The first-order valence-corrected chi connectivity index (χ1v) is 10.6. The van der Waals surface area contributed by atoms with E-state index in [0.717, 1.165) is 5.56 Å². The number of carbonyl (C=O) groups excluding carboxylic acids is 1. The quantitative estimate of drug-likeness (QED) is 0.452. The first-order chi connectivity index (χ1) is 14.4. The van der Waals surface area contributed by atoms with Crippen molar-refractivity contribution in [2.24, 2.45) is 11.8 Å². The Morgan fingerprint density at radius 2 is 1.90 bits per heavy atom. The summed E-state index contributed by atoms with van der Waals surface area (Å²) in [6.45, 7) is 0.892. The minimum absolute atomic E-state index is 0.0288. The van der Waals surface area contributed by atoms with Crippen molar-refractivity contribution in [1.82, 2.24) is 0 Å². The van der Waals surface area contributed by atoms with Gasteiger partial charge in [-0.05, 0) is 37.5 Å². The van der Waals surface area contributed by atoms with E-state index < -0.39 is 17.9 Å². The molecule has 1 heterocycles. The summed E-state index contributed by atoms with van der Waals surface area (Å²) < 4.78 is 11.8. The van der Waals surface area contributed by atoms with Crippen LogP contribution in [0.1, 0.15) is 37.7 Å². The SMILES string of the molecule is O=C(O)CCC/C=C\C[C@H]1C(=O)C[C@@H](O)[C@@H]1/C=C/C1(c2ccc(Cl)cc2)OCCO1. The highest BCUT2D eigenvalue weighted by atomic mass is 35.5. The number of rotatable bonds is 9. The van der Waals surface area contributed by atoms with E-state index in [1.807, 2.05) is 30.4 Å². The largest absolute Gasteiger partial charge is 0.481 e. The van der Waals surface area contributed by atoms with Crippen molar-refractivity contribution >= 4 is 23.4 Å². The number of carbonyl (C=O) groups is 2. The molecule has 0 unspecified atom stereocenters. The van der Waals surface area contributed by atoms with Crippen LogP contribution < -0.4 is 0 Å². The molecule has 0 bridgehead atoms. The lowest BCUT2D eigenvalue weighted by molar-refractivity contribution is -0.137. The lowest BCUT2D eigenvalue weighted by Gasteiger charge is -2.26. The summed E-state index contributed by atoms with van der Waals surface area (Å²) in [7, 11) is 0. The zero-order valence-corrected chi connectivity index (χ0v) is 17.5. The van der Waals surface area contributed by atoms with Gasteiger partial charge >= 0.3 is 5.97 Å². The van der Waals surface area contributed by atoms with E-state index in [0.29, 0.717) is 37.5 Å². The first-order valence-electron chi connectivity index (χ1n) is 10.2. The molecule has 1 aromatic rings. The van der Waals surface area contributed by atoms with Crippen molar-refractivity contribution in [3.05, 3.63) is 59.2 Å². The average Bonchev–Trinajstić information content (AvgIpc) is 3.28. The smallest absolute Gasteiger partial charge is 0.303 e. The van der Waals surface area contributed by atoms with Crippen molar-refractivity contribution < 1.29 is 29.3 Å². The molecule has 2 aliphatic rings. The Hall–Kier alpha value is -1.99. The molecule has 0 spiro atoms. The molecule has 1 saturated heterocycles. The predicted molar refractivity (Wildman–Crippen MR) is 112 cm³/mol. The molecule has 1 aliphatic carbocycles. The standard InChI is InChI=1S/C23H27ClO6/c24-17-9-7-16(8-10-17)23(29-13-14-30-23)12-11-19-18(20(25)15-21(19)26)5-3-1-2-4-6-22(27)28/h1,3,7-12,18-19,21,26H,2,4-6,13-15H2,(H,27,28)/b3-1-,12-11+/t18-,19-,21-/m1/s1. The highest BCUT2D eigenvalue weighted by Crippen LogP contribution is 2.38. The number of aliphatic carboxylic acids is 1. The number of halogens is 1. The number of aliphatic hydroxyl groups excluding tert-OH is 1. The molecular formula is C23H27ClO6. The van der Waals surface area contributed by atoms with Gasteiger partial charge in [-0.1, -0.05) is 42.0 Å². The van der Waals surface area contributed by atoms with Crippen LogP contribution in [0.15, 0.2) is 48.6 Å². The molecule has 0 aromatic heterocycles. The minimum Gasteiger partial charge on any atom is -0.481 e. The number of benzene rings is 1. The van der Waals surface area contributed by atoms with Gasteiger partial charge in [-0.3, -0.25) is 9.59 Å². The van der Waals surface area contributed by atoms with Gasteiger partial charge in [-0.15, -0.1) is 0 Å². The highest BCUT2D eigenvalue weighted by molar-refractivity contribution is 6.30. The monoisotopic (exact) mass is 434 g/mol. The molecule has 162 valence electrons. The number of hydrogen-bond donors (Lipinski definition) is 2. The van der Waals surface area contributed by atoms with E-state index in [1.165, 1.54) is 0 Å². The summed E-state index contributed by atoms with van der Waals surface area (Å²) in [6.07, 6.45) is 8.66. The number of allylic oxidation sites excluding steroid dienone is 2. The Labute approximate surface area is 181 Å². The Morgan fingerprint density at radius 1 is 1.20 bits per heavy atom. The highest BCUT2D eigenvalue weighted by Gasteiger charge is 2.41. The van der Waals surface area contributed by atoms with Gasteiger partial charge in [0.25, 0.3) is 0 Å². The summed E-state index contributed by atoms with van der Waals surface area (Å²) in [5, 5.41) is 19.7. The molecule has 1 aliphatic heterocycles. The van der Waals surface area contributed by atoms with Gasteiger partial charge in [-0.2, -0.15) is 0 Å². The second kappa shape index (κ2) is 10.4. The molecule has 2 fully saturated rings. The second-order valence-electron chi connectivity index (χ2n) is 7.65. The Bertz CT molecular complexity index is 794. The van der Waals surface area contributed by atoms with Crippen LogP contribution in [0.4, 0.5) is 0 Å². The minimum atomic E-state index is -1.05. The molecule has 1 aromatic carbocycles.